The first-order valence-electron chi connectivity index (χ1n) is 8.03. The van der Waals surface area contributed by atoms with Crippen LogP contribution in [-0.2, 0) is 10.0 Å². The molecular formula is C16H23N3O3S. The van der Waals surface area contributed by atoms with Crippen molar-refractivity contribution in [1.82, 2.24) is 9.80 Å². The third-order valence-corrected chi connectivity index (χ3v) is 5.80. The van der Waals surface area contributed by atoms with E-state index in [1.807, 2.05) is 11.8 Å². The Morgan fingerprint density at radius 2 is 2.00 bits per heavy atom. The highest BCUT2D eigenvalue weighted by molar-refractivity contribution is 7.89. The number of rotatable bonds is 2. The molecule has 1 aromatic rings. The summed E-state index contributed by atoms with van der Waals surface area (Å²) in [5.41, 5.74) is 1.20. The standard InChI is InChI=1S/C16H23N3O3S/c1-12-5-6-14(23(17,21)22)10-15(12)16(20)19-9-8-18-7-3-2-4-13(18)11-19/h5-6,10,13H,2-4,7-9,11H2,1H3,(H2,17,21,22)/t13-/m0/s1. The van der Waals surface area contributed by atoms with E-state index in [1.54, 1.807) is 6.07 Å². The van der Waals surface area contributed by atoms with Crippen LogP contribution >= 0.6 is 0 Å². The van der Waals surface area contributed by atoms with E-state index in [9.17, 15) is 13.2 Å². The third kappa shape index (κ3) is 3.41. The maximum atomic E-state index is 12.8. The van der Waals surface area contributed by atoms with Crippen molar-refractivity contribution >= 4 is 15.9 Å². The van der Waals surface area contributed by atoms with E-state index in [0.29, 0.717) is 18.2 Å². The van der Waals surface area contributed by atoms with Gasteiger partial charge in [0.25, 0.3) is 5.91 Å². The Morgan fingerprint density at radius 1 is 1.22 bits per heavy atom. The number of hydrogen-bond donors (Lipinski definition) is 1. The van der Waals surface area contributed by atoms with Crippen LogP contribution in [0, 0.1) is 6.92 Å². The Kier molecular flexibility index (Phi) is 4.44. The maximum Gasteiger partial charge on any atom is 0.254 e. The number of benzene rings is 1. The summed E-state index contributed by atoms with van der Waals surface area (Å²) in [5, 5.41) is 5.18. The summed E-state index contributed by atoms with van der Waals surface area (Å²) in [6, 6.07) is 4.92. The van der Waals surface area contributed by atoms with Gasteiger partial charge in [0, 0.05) is 31.2 Å². The number of nitrogens with two attached hydrogens (primary N) is 1. The van der Waals surface area contributed by atoms with Crippen molar-refractivity contribution in [3.63, 3.8) is 0 Å². The highest BCUT2D eigenvalue weighted by Gasteiger charge is 2.32. The molecule has 0 bridgehead atoms. The predicted molar refractivity (Wildman–Crippen MR) is 87.7 cm³/mol. The van der Waals surface area contributed by atoms with Crippen LogP contribution in [0.15, 0.2) is 23.1 Å². The lowest BCUT2D eigenvalue weighted by Gasteiger charge is -2.44. The van der Waals surface area contributed by atoms with E-state index < -0.39 is 10.0 Å². The lowest BCUT2D eigenvalue weighted by atomic mass is 9.98. The molecule has 1 amide bonds. The molecule has 1 atom stereocenters. The first-order valence-corrected chi connectivity index (χ1v) is 9.57. The summed E-state index contributed by atoms with van der Waals surface area (Å²) in [6.45, 7) is 5.24. The van der Waals surface area contributed by atoms with Gasteiger partial charge in [-0.2, -0.15) is 0 Å². The molecule has 2 fully saturated rings. The van der Waals surface area contributed by atoms with Crippen LogP contribution in [0.2, 0.25) is 0 Å². The van der Waals surface area contributed by atoms with Gasteiger partial charge in [-0.3, -0.25) is 9.69 Å². The number of sulfonamides is 1. The van der Waals surface area contributed by atoms with E-state index in [2.05, 4.69) is 4.90 Å². The van der Waals surface area contributed by atoms with Gasteiger partial charge < -0.3 is 4.90 Å². The van der Waals surface area contributed by atoms with Crippen LogP contribution in [0.3, 0.4) is 0 Å². The number of carbonyl (C=O) groups is 1. The molecule has 2 aliphatic heterocycles. The number of aryl methyl sites for hydroxylation is 1. The number of amides is 1. The van der Waals surface area contributed by atoms with Crippen molar-refractivity contribution < 1.29 is 13.2 Å². The van der Waals surface area contributed by atoms with Crippen molar-refractivity contribution in [2.45, 2.75) is 37.1 Å². The normalized spacial score (nSPS) is 22.7. The van der Waals surface area contributed by atoms with Gasteiger partial charge in [-0.25, -0.2) is 13.6 Å². The Bertz CT molecular complexity index is 717. The largest absolute Gasteiger partial charge is 0.336 e. The van der Waals surface area contributed by atoms with Crippen LogP contribution < -0.4 is 5.14 Å². The lowest BCUT2D eigenvalue weighted by Crippen LogP contribution is -2.56. The van der Waals surface area contributed by atoms with Gasteiger partial charge in [-0.1, -0.05) is 12.5 Å². The molecule has 2 N–H and O–H groups in total. The minimum absolute atomic E-state index is 0.0113. The van der Waals surface area contributed by atoms with E-state index >= 15 is 0 Å². The van der Waals surface area contributed by atoms with Crippen molar-refractivity contribution in [3.05, 3.63) is 29.3 Å². The highest BCUT2D eigenvalue weighted by atomic mass is 32.2. The molecule has 23 heavy (non-hydrogen) atoms. The van der Waals surface area contributed by atoms with Crippen LogP contribution in [-0.4, -0.2) is 56.3 Å². The number of carbonyl (C=O) groups excluding carboxylic acids is 1. The molecule has 0 aliphatic carbocycles. The number of hydrogen-bond acceptors (Lipinski definition) is 4. The fraction of sp³-hybridized carbons (Fsp3) is 0.562. The zero-order valence-corrected chi connectivity index (χ0v) is 14.2. The fourth-order valence-electron chi connectivity index (χ4n) is 3.52. The van der Waals surface area contributed by atoms with Crippen LogP contribution in [0.4, 0.5) is 0 Å². The Hall–Kier alpha value is -1.44. The Morgan fingerprint density at radius 3 is 2.74 bits per heavy atom. The van der Waals surface area contributed by atoms with E-state index in [-0.39, 0.29) is 10.8 Å². The zero-order chi connectivity index (χ0) is 16.6. The molecule has 2 heterocycles. The molecule has 0 radical (unpaired) electrons. The minimum Gasteiger partial charge on any atom is -0.336 e. The summed E-state index contributed by atoms with van der Waals surface area (Å²) < 4.78 is 23.1. The first kappa shape index (κ1) is 16.4. The second-order valence-corrected chi connectivity index (χ2v) is 8.02. The van der Waals surface area contributed by atoms with Crippen LogP contribution in [0.5, 0.6) is 0 Å². The molecular weight excluding hydrogens is 314 g/mol. The van der Waals surface area contributed by atoms with Gasteiger partial charge in [0.2, 0.25) is 10.0 Å². The predicted octanol–water partition coefficient (Wildman–Crippen LogP) is 0.953. The van der Waals surface area contributed by atoms with Crippen molar-refractivity contribution in [2.24, 2.45) is 5.14 Å². The average Bonchev–Trinajstić information content (AvgIpc) is 2.53. The molecule has 0 saturated carbocycles. The molecule has 2 aliphatic rings. The van der Waals surface area contributed by atoms with Gasteiger partial charge in [0.05, 0.1) is 4.90 Å². The van der Waals surface area contributed by atoms with Crippen LogP contribution in [0.25, 0.3) is 0 Å². The number of piperidine rings is 1. The molecule has 1 aromatic carbocycles. The average molecular weight is 337 g/mol. The monoisotopic (exact) mass is 337 g/mol. The number of nitrogens with zero attached hydrogens (tertiary/aromatic N) is 2. The Balaban J connectivity index is 1.83. The van der Waals surface area contributed by atoms with E-state index in [4.69, 9.17) is 5.14 Å². The van der Waals surface area contributed by atoms with Gasteiger partial charge in [-0.15, -0.1) is 0 Å². The zero-order valence-electron chi connectivity index (χ0n) is 13.4. The highest BCUT2D eigenvalue weighted by Crippen LogP contribution is 2.23. The summed E-state index contributed by atoms with van der Waals surface area (Å²) in [4.78, 5) is 17.1. The summed E-state index contributed by atoms with van der Waals surface area (Å²) in [6.07, 6.45) is 3.57. The van der Waals surface area contributed by atoms with Gasteiger partial charge in [-0.05, 0) is 44.0 Å². The fourth-order valence-corrected chi connectivity index (χ4v) is 4.06. The maximum absolute atomic E-state index is 12.8. The quantitative estimate of drug-likeness (QED) is 0.871. The van der Waals surface area contributed by atoms with Crippen LogP contribution in [0.1, 0.15) is 35.2 Å². The topological polar surface area (TPSA) is 83.7 Å². The molecule has 0 aromatic heterocycles. The molecule has 3 rings (SSSR count). The number of fused-ring (bicyclic) bond motifs is 1. The number of piperazine rings is 1. The summed E-state index contributed by atoms with van der Waals surface area (Å²) in [5.74, 6) is -0.0989. The lowest BCUT2D eigenvalue weighted by molar-refractivity contribution is 0.0372. The van der Waals surface area contributed by atoms with Gasteiger partial charge in [0.1, 0.15) is 0 Å². The van der Waals surface area contributed by atoms with Crippen molar-refractivity contribution in [1.29, 1.82) is 0 Å². The molecule has 0 unspecified atom stereocenters. The first-order chi connectivity index (χ1) is 10.9. The van der Waals surface area contributed by atoms with Crippen molar-refractivity contribution in [2.75, 3.05) is 26.2 Å². The van der Waals surface area contributed by atoms with E-state index in [1.165, 1.54) is 25.0 Å². The number of primary sulfonamides is 1. The van der Waals surface area contributed by atoms with Gasteiger partial charge >= 0.3 is 0 Å². The Labute approximate surface area is 137 Å². The van der Waals surface area contributed by atoms with Crippen molar-refractivity contribution in [3.8, 4) is 0 Å². The molecule has 0 spiro atoms. The minimum atomic E-state index is -3.80. The molecule has 2 saturated heterocycles. The third-order valence-electron chi connectivity index (χ3n) is 4.89. The van der Waals surface area contributed by atoms with Gasteiger partial charge in [0.15, 0.2) is 0 Å². The summed E-state index contributed by atoms with van der Waals surface area (Å²) in [7, 11) is -3.80. The molecule has 7 heteroatoms. The SMILES string of the molecule is Cc1ccc(S(N)(=O)=O)cc1C(=O)N1CCN2CCCC[C@H]2C1. The summed E-state index contributed by atoms with van der Waals surface area (Å²) >= 11 is 0. The van der Waals surface area contributed by atoms with E-state index in [0.717, 1.165) is 31.6 Å². The smallest absolute Gasteiger partial charge is 0.254 e. The molecule has 126 valence electrons. The second kappa shape index (κ2) is 6.22. The molecule has 6 nitrogen and oxygen atoms in total. The second-order valence-electron chi connectivity index (χ2n) is 6.46.